The van der Waals surface area contributed by atoms with E-state index in [1.54, 1.807) is 0 Å². The topological polar surface area (TPSA) is 38.7 Å². The average molecular weight is 270 g/mol. The van der Waals surface area contributed by atoms with E-state index in [-0.39, 0.29) is 19.1 Å². The first-order chi connectivity index (χ1) is 9.20. The predicted molar refractivity (Wildman–Crippen MR) is 80.3 cm³/mol. The van der Waals surface area contributed by atoms with Gasteiger partial charge in [0.1, 0.15) is 0 Å². The smallest absolute Gasteiger partial charge is 0.410 e. The third-order valence-electron chi connectivity index (χ3n) is 3.91. The van der Waals surface area contributed by atoms with E-state index in [2.05, 4.69) is 6.92 Å². The number of aliphatic hydroxyl groups excluding tert-OH is 1. The second kappa shape index (κ2) is 9.79. The Morgan fingerprint density at radius 1 is 0.947 bits per heavy atom. The van der Waals surface area contributed by atoms with Crippen molar-refractivity contribution in [3.63, 3.8) is 0 Å². The van der Waals surface area contributed by atoms with Crippen molar-refractivity contribution >= 4 is 7.12 Å². The molecule has 0 spiro atoms. The lowest BCUT2D eigenvalue weighted by Crippen LogP contribution is -2.44. The number of aliphatic hydroxyl groups is 1. The number of rotatable bonds is 10. The lowest BCUT2D eigenvalue weighted by molar-refractivity contribution is -0.0188. The van der Waals surface area contributed by atoms with Crippen molar-refractivity contribution < 1.29 is 14.4 Å². The summed E-state index contributed by atoms with van der Waals surface area (Å²) in [5.41, 5.74) is -0.199. The molecule has 0 aromatic rings. The van der Waals surface area contributed by atoms with Crippen LogP contribution in [0.3, 0.4) is 0 Å². The van der Waals surface area contributed by atoms with Gasteiger partial charge in [0.15, 0.2) is 0 Å². The molecule has 0 aromatic carbocycles. The number of hydrogen-bond donors (Lipinski definition) is 1. The highest BCUT2D eigenvalue weighted by atomic mass is 16.6. The van der Waals surface area contributed by atoms with Gasteiger partial charge < -0.3 is 14.4 Å². The minimum atomic E-state index is -0.199. The van der Waals surface area contributed by atoms with Crippen molar-refractivity contribution in [1.29, 1.82) is 0 Å². The van der Waals surface area contributed by atoms with Gasteiger partial charge in [-0.25, -0.2) is 0 Å². The fourth-order valence-corrected chi connectivity index (χ4v) is 2.38. The summed E-state index contributed by atoms with van der Waals surface area (Å²) in [7, 11) is -0.0419. The lowest BCUT2D eigenvalue weighted by Gasteiger charge is -2.34. The molecular weight excluding hydrogens is 239 g/mol. The van der Waals surface area contributed by atoms with E-state index in [9.17, 15) is 5.11 Å². The van der Waals surface area contributed by atoms with E-state index in [1.165, 1.54) is 51.4 Å². The highest BCUT2D eigenvalue weighted by Crippen LogP contribution is 2.24. The molecule has 1 N–H and O–H groups in total. The standard InChI is InChI=1S/C15H31BO3/c1-3-4-5-6-7-8-9-10-11-16-18-13-15(2,12-17)14-19-16/h17H,3-14H2,1-2H3. The van der Waals surface area contributed by atoms with Crippen LogP contribution in [0.4, 0.5) is 0 Å². The maximum absolute atomic E-state index is 9.21. The molecule has 0 aromatic heterocycles. The number of unbranched alkanes of at least 4 members (excludes halogenated alkanes) is 7. The summed E-state index contributed by atoms with van der Waals surface area (Å²) < 4.78 is 11.3. The molecule has 0 unspecified atom stereocenters. The van der Waals surface area contributed by atoms with Crippen molar-refractivity contribution in [2.45, 2.75) is 71.5 Å². The molecule has 1 aliphatic heterocycles. The van der Waals surface area contributed by atoms with Crippen LogP contribution >= 0.6 is 0 Å². The van der Waals surface area contributed by atoms with Gasteiger partial charge in [0.25, 0.3) is 0 Å². The SMILES string of the molecule is CCCCCCCCCCB1OCC(C)(CO)CO1. The van der Waals surface area contributed by atoms with Gasteiger partial charge in [-0.15, -0.1) is 0 Å². The molecule has 112 valence electrons. The Labute approximate surface area is 119 Å². The molecule has 0 radical (unpaired) electrons. The molecule has 1 heterocycles. The molecular formula is C15H31BO3. The fraction of sp³-hybridized carbons (Fsp3) is 1.00. The number of hydrogen-bond acceptors (Lipinski definition) is 3. The van der Waals surface area contributed by atoms with Crippen LogP contribution in [0.5, 0.6) is 0 Å². The van der Waals surface area contributed by atoms with Crippen molar-refractivity contribution in [2.24, 2.45) is 5.41 Å². The third kappa shape index (κ3) is 7.33. The highest BCUT2D eigenvalue weighted by Gasteiger charge is 2.34. The summed E-state index contributed by atoms with van der Waals surface area (Å²) in [4.78, 5) is 0. The van der Waals surface area contributed by atoms with Crippen LogP contribution in [-0.2, 0) is 9.31 Å². The van der Waals surface area contributed by atoms with Gasteiger partial charge in [0, 0.05) is 18.6 Å². The minimum Gasteiger partial charge on any atom is -0.410 e. The monoisotopic (exact) mass is 270 g/mol. The van der Waals surface area contributed by atoms with Crippen LogP contribution in [0.1, 0.15) is 65.2 Å². The van der Waals surface area contributed by atoms with Crippen molar-refractivity contribution in [1.82, 2.24) is 0 Å². The van der Waals surface area contributed by atoms with Gasteiger partial charge in [0.2, 0.25) is 0 Å². The lowest BCUT2D eigenvalue weighted by atomic mass is 9.78. The zero-order valence-corrected chi connectivity index (χ0v) is 12.8. The average Bonchev–Trinajstić information content (AvgIpc) is 2.44. The Kier molecular flexibility index (Phi) is 8.76. The summed E-state index contributed by atoms with van der Waals surface area (Å²) in [6.07, 6.45) is 11.7. The second-order valence-electron chi connectivity index (χ2n) is 6.28. The molecule has 0 aliphatic carbocycles. The molecule has 0 saturated carbocycles. The fourth-order valence-electron chi connectivity index (χ4n) is 2.38. The molecule has 19 heavy (non-hydrogen) atoms. The van der Waals surface area contributed by atoms with Gasteiger partial charge >= 0.3 is 7.12 Å². The molecule has 3 nitrogen and oxygen atoms in total. The van der Waals surface area contributed by atoms with Gasteiger partial charge in [0.05, 0.1) is 6.61 Å². The maximum atomic E-state index is 9.21. The first-order valence-electron chi connectivity index (χ1n) is 8.04. The van der Waals surface area contributed by atoms with Gasteiger partial charge in [-0.2, -0.15) is 0 Å². The first kappa shape index (κ1) is 17.0. The van der Waals surface area contributed by atoms with Gasteiger partial charge in [-0.3, -0.25) is 0 Å². The maximum Gasteiger partial charge on any atom is 0.456 e. The Balaban J connectivity index is 1.91. The quantitative estimate of drug-likeness (QED) is 0.486. The summed E-state index contributed by atoms with van der Waals surface area (Å²) in [5.74, 6) is 0. The van der Waals surface area contributed by atoms with Crippen molar-refractivity contribution in [3.8, 4) is 0 Å². The largest absolute Gasteiger partial charge is 0.456 e. The van der Waals surface area contributed by atoms with Crippen LogP contribution in [0.2, 0.25) is 6.32 Å². The molecule has 1 saturated heterocycles. The normalized spacial score (nSPS) is 18.8. The van der Waals surface area contributed by atoms with E-state index < -0.39 is 0 Å². The van der Waals surface area contributed by atoms with Crippen LogP contribution in [-0.4, -0.2) is 32.0 Å². The van der Waals surface area contributed by atoms with Crippen LogP contribution in [0.25, 0.3) is 0 Å². The van der Waals surface area contributed by atoms with E-state index in [0.29, 0.717) is 13.2 Å². The first-order valence-corrected chi connectivity index (χ1v) is 8.04. The Morgan fingerprint density at radius 3 is 2.00 bits per heavy atom. The molecule has 1 fully saturated rings. The Morgan fingerprint density at radius 2 is 1.47 bits per heavy atom. The zero-order chi connectivity index (χ0) is 14.0. The summed E-state index contributed by atoms with van der Waals surface area (Å²) in [6.45, 7) is 5.62. The summed E-state index contributed by atoms with van der Waals surface area (Å²) in [5, 5.41) is 9.21. The third-order valence-corrected chi connectivity index (χ3v) is 3.91. The Hall–Kier alpha value is -0.0551. The molecule has 1 rings (SSSR count). The molecule has 0 amide bonds. The highest BCUT2D eigenvalue weighted by molar-refractivity contribution is 6.44. The van der Waals surface area contributed by atoms with Crippen LogP contribution < -0.4 is 0 Å². The predicted octanol–water partition coefficient (Wildman–Crippen LogP) is 3.66. The van der Waals surface area contributed by atoms with E-state index in [0.717, 1.165) is 6.32 Å². The van der Waals surface area contributed by atoms with Crippen molar-refractivity contribution in [2.75, 3.05) is 19.8 Å². The molecule has 0 atom stereocenters. The van der Waals surface area contributed by atoms with E-state index >= 15 is 0 Å². The summed E-state index contributed by atoms with van der Waals surface area (Å²) in [6, 6.07) is 0. The molecule has 1 aliphatic rings. The Bertz CT molecular complexity index is 215. The zero-order valence-electron chi connectivity index (χ0n) is 12.8. The molecule has 0 bridgehead atoms. The minimum absolute atomic E-state index is 0.0419. The molecule has 4 heteroatoms. The second-order valence-corrected chi connectivity index (χ2v) is 6.28. The summed E-state index contributed by atoms with van der Waals surface area (Å²) >= 11 is 0. The van der Waals surface area contributed by atoms with Crippen LogP contribution in [0, 0.1) is 5.41 Å². The van der Waals surface area contributed by atoms with Crippen molar-refractivity contribution in [3.05, 3.63) is 0 Å². The van der Waals surface area contributed by atoms with Gasteiger partial charge in [-0.05, 0) is 6.32 Å². The van der Waals surface area contributed by atoms with E-state index in [1.807, 2.05) is 6.92 Å². The van der Waals surface area contributed by atoms with Gasteiger partial charge in [-0.1, -0.05) is 65.2 Å². The van der Waals surface area contributed by atoms with Crippen LogP contribution in [0.15, 0.2) is 0 Å². The van der Waals surface area contributed by atoms with E-state index in [4.69, 9.17) is 9.31 Å².